The second-order valence-electron chi connectivity index (χ2n) is 6.40. The van der Waals surface area contributed by atoms with E-state index in [4.69, 9.17) is 24.4 Å². The second-order valence-corrected chi connectivity index (χ2v) is 7.21. The fourth-order valence-corrected chi connectivity index (χ4v) is 2.84. The third-order valence-corrected chi connectivity index (χ3v) is 5.06. The highest BCUT2D eigenvalue weighted by Gasteiger charge is 2.04. The topological polar surface area (TPSA) is 79.3 Å². The Hall–Kier alpha value is -1.36. The SMILES string of the molecule is CCC(=N/NC(=S)NCCN(CC)CC)/C(C)=N\NC(=S)NCCN(CC)CC. The van der Waals surface area contributed by atoms with E-state index in [9.17, 15) is 0 Å². The van der Waals surface area contributed by atoms with E-state index in [-0.39, 0.29) is 0 Å². The zero-order valence-electron chi connectivity index (χ0n) is 19.0. The molecule has 0 aromatic rings. The Morgan fingerprint density at radius 1 is 0.724 bits per heavy atom. The van der Waals surface area contributed by atoms with E-state index in [2.05, 4.69) is 69.2 Å². The van der Waals surface area contributed by atoms with Gasteiger partial charge in [0.2, 0.25) is 0 Å². The average Bonchev–Trinajstić information content (AvgIpc) is 2.73. The molecule has 4 N–H and O–H groups in total. The summed E-state index contributed by atoms with van der Waals surface area (Å²) in [7, 11) is 0. The van der Waals surface area contributed by atoms with Gasteiger partial charge in [-0.3, -0.25) is 10.9 Å². The molecule has 0 saturated heterocycles. The predicted octanol–water partition coefficient (Wildman–Crippen LogP) is 1.74. The maximum atomic E-state index is 5.29. The van der Waals surface area contributed by atoms with Crippen LogP contribution < -0.4 is 21.5 Å². The molecule has 0 aromatic heterocycles. The van der Waals surface area contributed by atoms with E-state index < -0.39 is 0 Å². The minimum atomic E-state index is 0.508. The van der Waals surface area contributed by atoms with Crippen molar-refractivity contribution >= 4 is 46.1 Å². The van der Waals surface area contributed by atoms with Crippen LogP contribution in [0.4, 0.5) is 0 Å². The lowest BCUT2D eigenvalue weighted by molar-refractivity contribution is 0.308. The zero-order chi connectivity index (χ0) is 22.1. The molecule has 10 heteroatoms. The van der Waals surface area contributed by atoms with E-state index in [1.807, 2.05) is 13.8 Å². The Labute approximate surface area is 187 Å². The number of likely N-dealkylation sites (N-methyl/N-ethyl adjacent to an activating group) is 2. The molecule has 0 rings (SSSR count). The molecule has 168 valence electrons. The Morgan fingerprint density at radius 2 is 1.14 bits per heavy atom. The van der Waals surface area contributed by atoms with Crippen LogP contribution in [-0.4, -0.2) is 83.8 Å². The number of nitrogens with zero attached hydrogens (tertiary/aromatic N) is 4. The van der Waals surface area contributed by atoms with Crippen molar-refractivity contribution in [2.75, 3.05) is 52.4 Å². The molecule has 0 bridgehead atoms. The maximum Gasteiger partial charge on any atom is 0.187 e. The van der Waals surface area contributed by atoms with Gasteiger partial charge in [0.25, 0.3) is 0 Å². The first kappa shape index (κ1) is 27.6. The van der Waals surface area contributed by atoms with Gasteiger partial charge < -0.3 is 20.4 Å². The highest BCUT2D eigenvalue weighted by Crippen LogP contribution is 1.90. The summed E-state index contributed by atoms with van der Waals surface area (Å²) in [6, 6.07) is 0. The van der Waals surface area contributed by atoms with Crippen LogP contribution >= 0.6 is 24.4 Å². The van der Waals surface area contributed by atoms with Gasteiger partial charge in [-0.25, -0.2) is 0 Å². The summed E-state index contributed by atoms with van der Waals surface area (Å²) in [5.41, 5.74) is 7.36. The van der Waals surface area contributed by atoms with E-state index in [1.165, 1.54) is 0 Å². The Morgan fingerprint density at radius 3 is 1.52 bits per heavy atom. The van der Waals surface area contributed by atoms with Gasteiger partial charge in [0.1, 0.15) is 0 Å². The molecule has 29 heavy (non-hydrogen) atoms. The first-order valence-electron chi connectivity index (χ1n) is 10.5. The lowest BCUT2D eigenvalue weighted by Gasteiger charge is -2.18. The number of nitrogens with one attached hydrogen (secondary N) is 4. The summed E-state index contributed by atoms with van der Waals surface area (Å²) in [5.74, 6) is 0. The molecule has 0 unspecified atom stereocenters. The number of hydrogen-bond acceptors (Lipinski definition) is 6. The normalized spacial score (nSPS) is 12.3. The molecule has 0 radical (unpaired) electrons. The van der Waals surface area contributed by atoms with Crippen molar-refractivity contribution in [1.82, 2.24) is 31.3 Å². The van der Waals surface area contributed by atoms with Gasteiger partial charge in [0.15, 0.2) is 10.2 Å². The molecule has 0 amide bonds. The van der Waals surface area contributed by atoms with Gasteiger partial charge in [-0.05, 0) is 64.0 Å². The molecule has 0 aromatic carbocycles. The van der Waals surface area contributed by atoms with Crippen molar-refractivity contribution in [2.45, 2.75) is 48.0 Å². The third-order valence-electron chi connectivity index (χ3n) is 4.59. The fraction of sp³-hybridized carbons (Fsp3) is 0.789. The van der Waals surface area contributed by atoms with Crippen molar-refractivity contribution in [3.8, 4) is 0 Å². The standard InChI is InChI=1S/C19H40N8S2/c1-7-17(23-25-19(29)21-13-15-27(10-4)11-5)16(6)22-24-18(28)20-12-14-26(8-2)9-3/h7-15H2,1-6H3,(H2,20,24,28)(H2,21,25,29)/b22-16-,23-17-. The van der Waals surface area contributed by atoms with E-state index in [1.54, 1.807) is 0 Å². The molecule has 0 heterocycles. The molecule has 0 saturated carbocycles. The predicted molar refractivity (Wildman–Crippen MR) is 134 cm³/mol. The molecule has 0 atom stereocenters. The van der Waals surface area contributed by atoms with E-state index in [0.29, 0.717) is 10.2 Å². The van der Waals surface area contributed by atoms with Gasteiger partial charge in [0, 0.05) is 26.2 Å². The largest absolute Gasteiger partial charge is 0.360 e. The highest BCUT2D eigenvalue weighted by atomic mass is 32.1. The third kappa shape index (κ3) is 13.5. The van der Waals surface area contributed by atoms with Crippen molar-refractivity contribution in [1.29, 1.82) is 0 Å². The van der Waals surface area contributed by atoms with Crippen LogP contribution in [0.15, 0.2) is 10.2 Å². The van der Waals surface area contributed by atoms with Gasteiger partial charge in [-0.15, -0.1) is 0 Å². The van der Waals surface area contributed by atoms with Crippen LogP contribution in [-0.2, 0) is 0 Å². The minimum Gasteiger partial charge on any atom is -0.360 e. The molecule has 0 spiro atoms. The Kier molecular flexibility index (Phi) is 16.7. The lowest BCUT2D eigenvalue weighted by atomic mass is 10.2. The van der Waals surface area contributed by atoms with Crippen molar-refractivity contribution in [3.63, 3.8) is 0 Å². The second kappa shape index (κ2) is 17.5. The first-order valence-corrected chi connectivity index (χ1v) is 11.4. The molecule has 8 nitrogen and oxygen atoms in total. The van der Waals surface area contributed by atoms with Crippen LogP contribution in [0.1, 0.15) is 48.0 Å². The number of thiocarbonyl (C=S) groups is 2. The van der Waals surface area contributed by atoms with Crippen molar-refractivity contribution in [3.05, 3.63) is 0 Å². The smallest absolute Gasteiger partial charge is 0.187 e. The van der Waals surface area contributed by atoms with Gasteiger partial charge >= 0.3 is 0 Å². The van der Waals surface area contributed by atoms with Gasteiger partial charge in [-0.1, -0.05) is 34.6 Å². The first-order chi connectivity index (χ1) is 13.9. The Bertz CT molecular complexity index is 528. The average molecular weight is 445 g/mol. The van der Waals surface area contributed by atoms with Crippen molar-refractivity contribution in [2.24, 2.45) is 10.2 Å². The van der Waals surface area contributed by atoms with Gasteiger partial charge in [0.05, 0.1) is 11.4 Å². The Balaban J connectivity index is 4.38. The zero-order valence-corrected chi connectivity index (χ0v) is 20.6. The number of hydrazone groups is 2. The number of hydrogen-bond donors (Lipinski definition) is 4. The van der Waals surface area contributed by atoms with Crippen LogP contribution in [0.2, 0.25) is 0 Å². The molecule has 0 aliphatic heterocycles. The molecule has 0 fully saturated rings. The fourth-order valence-electron chi connectivity index (χ4n) is 2.55. The van der Waals surface area contributed by atoms with Crippen LogP contribution in [0.5, 0.6) is 0 Å². The summed E-state index contributed by atoms with van der Waals surface area (Å²) in [5, 5.41) is 16.1. The van der Waals surface area contributed by atoms with Crippen molar-refractivity contribution < 1.29 is 0 Å². The van der Waals surface area contributed by atoms with E-state index >= 15 is 0 Å². The summed E-state index contributed by atoms with van der Waals surface area (Å²) in [4.78, 5) is 4.66. The molecule has 0 aliphatic rings. The van der Waals surface area contributed by atoms with Gasteiger partial charge in [-0.2, -0.15) is 10.2 Å². The lowest BCUT2D eigenvalue weighted by Crippen LogP contribution is -2.39. The summed E-state index contributed by atoms with van der Waals surface area (Å²) < 4.78 is 0. The van der Waals surface area contributed by atoms with Crippen LogP contribution in [0.3, 0.4) is 0 Å². The summed E-state index contributed by atoms with van der Waals surface area (Å²) in [6.07, 6.45) is 0.730. The monoisotopic (exact) mass is 444 g/mol. The van der Waals surface area contributed by atoms with Crippen LogP contribution in [0, 0.1) is 0 Å². The molecular formula is C19H40N8S2. The summed E-state index contributed by atoms with van der Waals surface area (Å²) >= 11 is 10.6. The van der Waals surface area contributed by atoms with Crippen LogP contribution in [0.25, 0.3) is 0 Å². The molecule has 0 aliphatic carbocycles. The molecular weight excluding hydrogens is 404 g/mol. The maximum absolute atomic E-state index is 5.29. The highest BCUT2D eigenvalue weighted by molar-refractivity contribution is 7.80. The minimum absolute atomic E-state index is 0.508. The quantitative estimate of drug-likeness (QED) is 0.183. The summed E-state index contributed by atoms with van der Waals surface area (Å²) in [6.45, 7) is 20.1. The number of rotatable bonds is 14. The van der Waals surface area contributed by atoms with E-state index in [0.717, 1.165) is 70.2 Å².